The molecule has 0 fully saturated rings. The molecule has 0 bridgehead atoms. The quantitative estimate of drug-likeness (QED) is 0.576. The summed E-state index contributed by atoms with van der Waals surface area (Å²) in [6.45, 7) is 2.08. The van der Waals surface area contributed by atoms with Crippen LogP contribution < -0.4 is 8.92 Å². The molecular formula is C15H14OSe2. The average Bonchev–Trinajstić information content (AvgIpc) is 2.41. The topological polar surface area (TPSA) is 17.1 Å². The molecule has 0 saturated carbocycles. The van der Waals surface area contributed by atoms with E-state index in [-0.39, 0.29) is 33.1 Å². The molecule has 0 spiro atoms. The van der Waals surface area contributed by atoms with E-state index in [1.165, 1.54) is 8.92 Å². The number of aldehydes is 1. The number of hydrogen-bond acceptors (Lipinski definition) is 1. The van der Waals surface area contributed by atoms with Gasteiger partial charge in [-0.25, -0.2) is 0 Å². The fraction of sp³-hybridized carbons (Fsp3) is 0.133. The molecule has 18 heavy (non-hydrogen) atoms. The molecule has 0 aliphatic carbocycles. The van der Waals surface area contributed by atoms with Crippen molar-refractivity contribution in [3.05, 3.63) is 60.7 Å². The van der Waals surface area contributed by atoms with Gasteiger partial charge in [0, 0.05) is 0 Å². The van der Waals surface area contributed by atoms with Crippen LogP contribution >= 0.6 is 0 Å². The van der Waals surface area contributed by atoms with Crippen molar-refractivity contribution in [3.63, 3.8) is 0 Å². The molecule has 0 heterocycles. The number of carbonyl (C=O) groups is 1. The Balaban J connectivity index is 2.13. The van der Waals surface area contributed by atoms with Gasteiger partial charge in [0.25, 0.3) is 0 Å². The first-order valence-electron chi connectivity index (χ1n) is 5.66. The van der Waals surface area contributed by atoms with Crippen molar-refractivity contribution in [2.45, 2.75) is 10.1 Å². The third-order valence-corrected chi connectivity index (χ3v) is 8.39. The second kappa shape index (κ2) is 6.35. The van der Waals surface area contributed by atoms with Crippen molar-refractivity contribution in [1.82, 2.24) is 0 Å². The maximum atomic E-state index is 11.5. The normalized spacial score (nSPS) is 11.2. The van der Waals surface area contributed by atoms with Crippen LogP contribution in [0.25, 0.3) is 0 Å². The van der Waals surface area contributed by atoms with Gasteiger partial charge in [0.15, 0.2) is 0 Å². The number of hydrogen-bond donors (Lipinski definition) is 0. The van der Waals surface area contributed by atoms with Gasteiger partial charge in [0.1, 0.15) is 0 Å². The molecular weight excluding hydrogens is 354 g/mol. The maximum absolute atomic E-state index is 11.5. The number of carbonyl (C=O) groups excluding carboxylic acids is 1. The Morgan fingerprint density at radius 1 is 0.833 bits per heavy atom. The van der Waals surface area contributed by atoms with E-state index in [9.17, 15) is 4.79 Å². The van der Waals surface area contributed by atoms with E-state index < -0.39 is 0 Å². The van der Waals surface area contributed by atoms with Gasteiger partial charge in [-0.2, -0.15) is 0 Å². The van der Waals surface area contributed by atoms with E-state index in [1.807, 2.05) is 36.4 Å². The van der Waals surface area contributed by atoms with Crippen molar-refractivity contribution < 1.29 is 4.79 Å². The Morgan fingerprint density at radius 2 is 1.22 bits per heavy atom. The second-order valence-electron chi connectivity index (χ2n) is 3.96. The van der Waals surface area contributed by atoms with Gasteiger partial charge < -0.3 is 0 Å². The molecule has 2 aromatic carbocycles. The molecule has 2 aromatic rings. The Kier molecular flexibility index (Phi) is 4.79. The van der Waals surface area contributed by atoms with E-state index >= 15 is 0 Å². The summed E-state index contributed by atoms with van der Waals surface area (Å²) in [6, 6.07) is 20.6. The van der Waals surface area contributed by atoms with Crippen molar-refractivity contribution in [1.29, 1.82) is 0 Å². The summed E-state index contributed by atoms with van der Waals surface area (Å²) in [5.74, 6) is 0. The van der Waals surface area contributed by atoms with Gasteiger partial charge in [-0.05, 0) is 0 Å². The van der Waals surface area contributed by atoms with Crippen LogP contribution in [0.5, 0.6) is 0 Å². The van der Waals surface area contributed by atoms with Gasteiger partial charge in [0.2, 0.25) is 0 Å². The van der Waals surface area contributed by atoms with E-state index in [4.69, 9.17) is 0 Å². The third-order valence-electron chi connectivity index (χ3n) is 2.34. The molecule has 0 aliphatic heterocycles. The molecule has 3 heteroatoms. The predicted octanol–water partition coefficient (Wildman–Crippen LogP) is 1.38. The molecule has 0 saturated heterocycles. The summed E-state index contributed by atoms with van der Waals surface area (Å²) >= 11 is 0.373. The van der Waals surface area contributed by atoms with E-state index in [2.05, 4.69) is 31.2 Å². The van der Waals surface area contributed by atoms with Crippen LogP contribution in [0.4, 0.5) is 0 Å². The van der Waals surface area contributed by atoms with E-state index in [1.54, 1.807) is 0 Å². The monoisotopic (exact) mass is 370 g/mol. The molecule has 0 aliphatic rings. The summed E-state index contributed by atoms with van der Waals surface area (Å²) < 4.78 is 2.37. The molecule has 0 radical (unpaired) electrons. The van der Waals surface area contributed by atoms with Gasteiger partial charge in [-0.1, -0.05) is 0 Å². The summed E-state index contributed by atoms with van der Waals surface area (Å²) in [6.07, 6.45) is 1.15. The Bertz CT molecular complexity index is 455. The fourth-order valence-electron chi connectivity index (χ4n) is 1.51. The van der Waals surface area contributed by atoms with E-state index in [0.717, 1.165) is 6.29 Å². The molecule has 92 valence electrons. The molecule has 0 N–H and O–H groups in total. The summed E-state index contributed by atoms with van der Waals surface area (Å²) in [4.78, 5) is 11.5. The minimum atomic E-state index is -0.206. The summed E-state index contributed by atoms with van der Waals surface area (Å²) in [5, 5.41) is 0. The molecule has 1 nitrogen and oxygen atoms in total. The molecule has 0 amide bonds. The van der Waals surface area contributed by atoms with Gasteiger partial charge >= 0.3 is 121 Å². The fourth-order valence-corrected chi connectivity index (χ4v) is 7.55. The zero-order chi connectivity index (χ0) is 12.8. The van der Waals surface area contributed by atoms with Crippen molar-refractivity contribution in [2.24, 2.45) is 0 Å². The van der Waals surface area contributed by atoms with Crippen LogP contribution in [0.15, 0.2) is 60.7 Å². The van der Waals surface area contributed by atoms with Crippen LogP contribution in [-0.4, -0.2) is 36.2 Å². The second-order valence-corrected chi connectivity index (χ2v) is 11.7. The van der Waals surface area contributed by atoms with Gasteiger partial charge in [0.05, 0.1) is 0 Å². The first-order chi connectivity index (χ1) is 8.72. The zero-order valence-corrected chi connectivity index (χ0v) is 13.5. The van der Waals surface area contributed by atoms with Crippen molar-refractivity contribution >= 4 is 45.1 Å². The summed E-state index contributed by atoms with van der Waals surface area (Å²) in [5.41, 5.74) is 0. The first kappa shape index (κ1) is 13.6. The molecule has 0 aromatic heterocycles. The van der Waals surface area contributed by atoms with Crippen LogP contribution in [0.3, 0.4) is 0 Å². The average molecular weight is 368 g/mol. The Hall–Kier alpha value is -0.851. The predicted molar refractivity (Wildman–Crippen MR) is 78.1 cm³/mol. The van der Waals surface area contributed by atoms with Gasteiger partial charge in [-0.3, -0.25) is 0 Å². The van der Waals surface area contributed by atoms with Gasteiger partial charge in [-0.15, -0.1) is 0 Å². The van der Waals surface area contributed by atoms with Crippen LogP contribution in [0.2, 0.25) is 3.21 Å². The third kappa shape index (κ3) is 3.83. The molecule has 2 rings (SSSR count). The standard InChI is InChI=1S/C15H14OSe2/c1-15(12-16,17-13-8-4-2-5-9-13)18-14-10-6-3-7-11-14/h2-12H,1H3. The zero-order valence-electron chi connectivity index (χ0n) is 10.1. The summed E-state index contributed by atoms with van der Waals surface area (Å²) in [7, 11) is 0. The Morgan fingerprint density at radius 3 is 1.56 bits per heavy atom. The van der Waals surface area contributed by atoms with Crippen LogP contribution in [0, 0.1) is 0 Å². The van der Waals surface area contributed by atoms with Crippen molar-refractivity contribution in [3.8, 4) is 0 Å². The Labute approximate surface area is 120 Å². The van der Waals surface area contributed by atoms with E-state index in [0.29, 0.717) is 0 Å². The SMILES string of the molecule is CC(C=O)([Se]c1ccccc1)[Se]c1ccccc1. The number of benzene rings is 2. The van der Waals surface area contributed by atoms with Crippen molar-refractivity contribution in [2.75, 3.05) is 0 Å². The van der Waals surface area contributed by atoms with Crippen LogP contribution in [-0.2, 0) is 4.79 Å². The molecule has 0 atom stereocenters. The first-order valence-corrected chi connectivity index (χ1v) is 9.09. The minimum absolute atomic E-state index is 0.186. The van der Waals surface area contributed by atoms with Crippen LogP contribution in [0.1, 0.15) is 6.92 Å². The molecule has 0 unspecified atom stereocenters. The number of rotatable bonds is 5.